The van der Waals surface area contributed by atoms with Crippen molar-refractivity contribution in [1.29, 1.82) is 5.26 Å². The van der Waals surface area contributed by atoms with Crippen LogP contribution in [0.4, 0.5) is 0 Å². The molecule has 0 unspecified atom stereocenters. The minimum atomic E-state index is -0.147. The molecule has 0 bridgehead atoms. The van der Waals surface area contributed by atoms with E-state index in [-0.39, 0.29) is 18.2 Å². The van der Waals surface area contributed by atoms with Gasteiger partial charge in [-0.05, 0) is 36.5 Å². The average Bonchev–Trinajstić information content (AvgIpc) is 2.68. The SMILES string of the molecule is N#CCC(=O)N1CCN(C(=O)c2ccc(C3CCCCC3)cc2)CC1. The first kappa shape index (κ1) is 17.5. The van der Waals surface area contributed by atoms with Crippen molar-refractivity contribution in [3.05, 3.63) is 35.4 Å². The molecule has 25 heavy (non-hydrogen) atoms. The molecule has 1 heterocycles. The van der Waals surface area contributed by atoms with Crippen LogP contribution in [0.1, 0.15) is 60.4 Å². The summed E-state index contributed by atoms with van der Waals surface area (Å²) in [6, 6.07) is 9.99. The van der Waals surface area contributed by atoms with Crippen molar-refractivity contribution in [2.75, 3.05) is 26.2 Å². The Bertz CT molecular complexity index is 649. The lowest BCUT2D eigenvalue weighted by molar-refractivity contribution is -0.131. The minimum absolute atomic E-state index is 0.0302. The number of amides is 2. The van der Waals surface area contributed by atoms with Gasteiger partial charge in [-0.2, -0.15) is 5.26 Å². The molecule has 0 N–H and O–H groups in total. The highest BCUT2D eigenvalue weighted by Crippen LogP contribution is 2.32. The number of carbonyl (C=O) groups is 2. The molecule has 1 aromatic rings. The quantitative estimate of drug-likeness (QED) is 0.850. The van der Waals surface area contributed by atoms with Crippen LogP contribution in [0.3, 0.4) is 0 Å². The fourth-order valence-electron chi connectivity index (χ4n) is 3.85. The number of carbonyl (C=O) groups excluding carboxylic acids is 2. The van der Waals surface area contributed by atoms with E-state index in [0.717, 1.165) is 5.56 Å². The van der Waals surface area contributed by atoms with Gasteiger partial charge in [-0.3, -0.25) is 9.59 Å². The number of hydrogen-bond acceptors (Lipinski definition) is 3. The van der Waals surface area contributed by atoms with Gasteiger partial charge < -0.3 is 9.80 Å². The number of hydrogen-bond donors (Lipinski definition) is 0. The maximum atomic E-state index is 12.7. The van der Waals surface area contributed by atoms with Gasteiger partial charge in [0.05, 0.1) is 6.07 Å². The van der Waals surface area contributed by atoms with E-state index < -0.39 is 0 Å². The molecule has 0 spiro atoms. The van der Waals surface area contributed by atoms with Gasteiger partial charge in [0.15, 0.2) is 0 Å². The monoisotopic (exact) mass is 339 g/mol. The molecule has 5 heteroatoms. The van der Waals surface area contributed by atoms with E-state index in [1.165, 1.54) is 37.7 Å². The third-order valence-electron chi connectivity index (χ3n) is 5.38. The van der Waals surface area contributed by atoms with Crippen LogP contribution in [0, 0.1) is 11.3 Å². The molecule has 3 rings (SSSR count). The molecular formula is C20H25N3O2. The van der Waals surface area contributed by atoms with Gasteiger partial charge in [-0.25, -0.2) is 0 Å². The zero-order chi connectivity index (χ0) is 17.6. The second-order valence-electron chi connectivity index (χ2n) is 6.96. The van der Waals surface area contributed by atoms with Crippen molar-refractivity contribution in [2.45, 2.75) is 44.4 Å². The van der Waals surface area contributed by atoms with Crippen molar-refractivity contribution in [3.63, 3.8) is 0 Å². The van der Waals surface area contributed by atoms with Crippen molar-refractivity contribution in [2.24, 2.45) is 0 Å². The molecule has 1 aliphatic heterocycles. The summed E-state index contributed by atoms with van der Waals surface area (Å²) < 4.78 is 0. The maximum Gasteiger partial charge on any atom is 0.253 e. The van der Waals surface area contributed by atoms with Crippen LogP contribution in [0.2, 0.25) is 0 Å². The van der Waals surface area contributed by atoms with Gasteiger partial charge >= 0.3 is 0 Å². The lowest BCUT2D eigenvalue weighted by Crippen LogP contribution is -2.50. The van der Waals surface area contributed by atoms with Crippen molar-refractivity contribution in [1.82, 2.24) is 9.80 Å². The molecule has 132 valence electrons. The summed E-state index contributed by atoms with van der Waals surface area (Å²) in [5, 5.41) is 8.61. The fraction of sp³-hybridized carbons (Fsp3) is 0.550. The molecule has 1 aliphatic carbocycles. The van der Waals surface area contributed by atoms with E-state index in [9.17, 15) is 9.59 Å². The van der Waals surface area contributed by atoms with E-state index in [1.807, 2.05) is 18.2 Å². The number of benzene rings is 1. The normalized spacial score (nSPS) is 18.7. The van der Waals surface area contributed by atoms with Crippen LogP contribution in [-0.4, -0.2) is 47.8 Å². The van der Waals surface area contributed by atoms with Gasteiger partial charge in [0, 0.05) is 31.7 Å². The average molecular weight is 339 g/mol. The van der Waals surface area contributed by atoms with Crippen LogP contribution >= 0.6 is 0 Å². The maximum absolute atomic E-state index is 12.7. The summed E-state index contributed by atoms with van der Waals surface area (Å²) in [6.07, 6.45) is 6.38. The Morgan fingerprint density at radius 2 is 1.56 bits per heavy atom. The third kappa shape index (κ3) is 4.19. The Labute approximate surface area is 149 Å². The van der Waals surface area contributed by atoms with E-state index in [4.69, 9.17) is 5.26 Å². The Morgan fingerprint density at radius 1 is 0.960 bits per heavy atom. The number of rotatable bonds is 3. The molecule has 2 fully saturated rings. The lowest BCUT2D eigenvalue weighted by atomic mass is 9.84. The second-order valence-corrected chi connectivity index (χ2v) is 6.96. The van der Waals surface area contributed by atoms with Crippen LogP contribution < -0.4 is 0 Å². The topological polar surface area (TPSA) is 64.4 Å². The van der Waals surface area contributed by atoms with Crippen molar-refractivity contribution >= 4 is 11.8 Å². The zero-order valence-corrected chi connectivity index (χ0v) is 14.6. The lowest BCUT2D eigenvalue weighted by Gasteiger charge is -2.34. The van der Waals surface area contributed by atoms with E-state index >= 15 is 0 Å². The highest BCUT2D eigenvalue weighted by molar-refractivity contribution is 5.94. The van der Waals surface area contributed by atoms with Gasteiger partial charge in [0.2, 0.25) is 5.91 Å². The summed E-state index contributed by atoms with van der Waals surface area (Å²) in [7, 11) is 0. The highest BCUT2D eigenvalue weighted by atomic mass is 16.2. The molecule has 1 aromatic carbocycles. The number of nitrogens with zero attached hydrogens (tertiary/aromatic N) is 3. The first-order valence-corrected chi connectivity index (χ1v) is 9.23. The molecule has 0 atom stereocenters. The molecular weight excluding hydrogens is 314 g/mol. The highest BCUT2D eigenvalue weighted by Gasteiger charge is 2.25. The Morgan fingerprint density at radius 3 is 2.16 bits per heavy atom. The molecule has 1 saturated heterocycles. The van der Waals surface area contributed by atoms with Crippen LogP contribution in [0.25, 0.3) is 0 Å². The number of nitriles is 1. The molecule has 0 aromatic heterocycles. The van der Waals surface area contributed by atoms with Gasteiger partial charge in [0.1, 0.15) is 6.42 Å². The van der Waals surface area contributed by atoms with Crippen LogP contribution in [0.5, 0.6) is 0 Å². The predicted octanol–water partition coefficient (Wildman–Crippen LogP) is 2.93. The van der Waals surface area contributed by atoms with Gasteiger partial charge in [0.25, 0.3) is 5.91 Å². The minimum Gasteiger partial charge on any atom is -0.338 e. The number of piperazine rings is 1. The molecule has 2 aliphatic rings. The van der Waals surface area contributed by atoms with Crippen molar-refractivity contribution < 1.29 is 9.59 Å². The Kier molecular flexibility index (Phi) is 5.70. The van der Waals surface area contributed by atoms with E-state index in [2.05, 4.69) is 12.1 Å². The molecule has 1 saturated carbocycles. The van der Waals surface area contributed by atoms with E-state index in [0.29, 0.717) is 32.1 Å². The van der Waals surface area contributed by atoms with Crippen LogP contribution in [-0.2, 0) is 4.79 Å². The summed E-state index contributed by atoms with van der Waals surface area (Å²) in [6.45, 7) is 2.07. The smallest absolute Gasteiger partial charge is 0.253 e. The largest absolute Gasteiger partial charge is 0.338 e. The molecule has 5 nitrogen and oxygen atoms in total. The Balaban J connectivity index is 1.56. The molecule has 2 amide bonds. The standard InChI is InChI=1S/C20H25N3O2/c21-11-10-19(24)22-12-14-23(15-13-22)20(25)18-8-6-17(7-9-18)16-4-2-1-3-5-16/h6-9,16H,1-5,10,12-15H2. The zero-order valence-electron chi connectivity index (χ0n) is 14.6. The fourth-order valence-corrected chi connectivity index (χ4v) is 3.85. The third-order valence-corrected chi connectivity index (χ3v) is 5.38. The molecule has 0 radical (unpaired) electrons. The summed E-state index contributed by atoms with van der Waals surface area (Å²) in [5.74, 6) is 0.529. The summed E-state index contributed by atoms with van der Waals surface area (Å²) in [5.41, 5.74) is 2.07. The Hall–Kier alpha value is -2.35. The predicted molar refractivity (Wildman–Crippen MR) is 95.0 cm³/mol. The van der Waals surface area contributed by atoms with Crippen LogP contribution in [0.15, 0.2) is 24.3 Å². The van der Waals surface area contributed by atoms with Gasteiger partial charge in [-0.15, -0.1) is 0 Å². The first-order chi connectivity index (χ1) is 12.2. The summed E-state index contributed by atoms with van der Waals surface area (Å²) in [4.78, 5) is 27.9. The van der Waals surface area contributed by atoms with E-state index in [1.54, 1.807) is 9.80 Å². The second kappa shape index (κ2) is 8.15. The van der Waals surface area contributed by atoms with Crippen molar-refractivity contribution in [3.8, 4) is 6.07 Å². The van der Waals surface area contributed by atoms with Gasteiger partial charge in [-0.1, -0.05) is 31.4 Å². The first-order valence-electron chi connectivity index (χ1n) is 9.23. The summed E-state index contributed by atoms with van der Waals surface area (Å²) >= 11 is 0.